The van der Waals surface area contributed by atoms with E-state index in [1.807, 2.05) is 0 Å². The van der Waals surface area contributed by atoms with Crippen molar-refractivity contribution in [3.8, 4) is 0 Å². The molecule has 34 heavy (non-hydrogen) atoms. The Morgan fingerprint density at radius 1 is 0.588 bits per heavy atom. The van der Waals surface area contributed by atoms with E-state index < -0.39 is 0 Å². The lowest BCUT2D eigenvalue weighted by Gasteiger charge is -2.41. The maximum Gasteiger partial charge on any atom is 0.0394 e. The van der Waals surface area contributed by atoms with Crippen molar-refractivity contribution < 1.29 is 2.74 Å². The van der Waals surface area contributed by atoms with Crippen molar-refractivity contribution in [2.45, 2.75) is 112 Å². The molecular formula is C30H64N4. The lowest BCUT2D eigenvalue weighted by atomic mass is 9.75. The second-order valence-corrected chi connectivity index (χ2v) is 14.0. The molecule has 0 N–H and O–H groups in total. The molecule has 0 atom stereocenters. The van der Waals surface area contributed by atoms with Gasteiger partial charge >= 0.3 is 0 Å². The Morgan fingerprint density at radius 2 is 1.00 bits per heavy atom. The first-order valence-corrected chi connectivity index (χ1v) is 14.1. The zero-order valence-electron chi connectivity index (χ0n) is 27.1. The monoisotopic (exact) mass is 485 g/mol. The molecule has 0 aromatic rings. The Balaban J connectivity index is 0.000000270. The second-order valence-electron chi connectivity index (χ2n) is 14.0. The Hall–Kier alpha value is -0.160. The molecule has 0 unspecified atom stereocenters. The highest BCUT2D eigenvalue weighted by Gasteiger charge is 2.28. The van der Waals surface area contributed by atoms with Crippen molar-refractivity contribution in [3.63, 3.8) is 0 Å². The summed E-state index contributed by atoms with van der Waals surface area (Å²) >= 11 is 0. The van der Waals surface area contributed by atoms with E-state index in [1.54, 1.807) is 0 Å². The average molecular weight is 485 g/mol. The van der Waals surface area contributed by atoms with Gasteiger partial charge in [-0.2, -0.15) is 0 Å². The maximum atomic E-state index is 7.24. The molecule has 0 spiro atoms. The van der Waals surface area contributed by atoms with Gasteiger partial charge in [-0.1, -0.05) is 34.1 Å². The van der Waals surface area contributed by atoms with Gasteiger partial charge in [-0.3, -0.25) is 9.80 Å². The van der Waals surface area contributed by atoms with Gasteiger partial charge in [-0.15, -0.1) is 0 Å². The van der Waals surface area contributed by atoms with E-state index in [4.69, 9.17) is 2.74 Å². The SMILES string of the molecule is CCC1CCN(C(C)(C)C)CC1.[3H]CN1CCC(C(C)(C)C)CC1.[3H]CN1CCN(C(C)(C)C)CC1. The van der Waals surface area contributed by atoms with E-state index in [0.717, 1.165) is 51.1 Å². The zero-order chi connectivity index (χ0) is 27.6. The van der Waals surface area contributed by atoms with Gasteiger partial charge in [0.1, 0.15) is 0 Å². The summed E-state index contributed by atoms with van der Waals surface area (Å²) in [7, 11) is 0.939. The van der Waals surface area contributed by atoms with Gasteiger partial charge in [0.25, 0.3) is 0 Å². The molecule has 3 fully saturated rings. The first kappa shape index (κ1) is 28.4. The standard InChI is InChI=1S/C11H23N.C10H21N.C9H20N2/c1-5-10-6-8-12(9-7-10)11(2,3)4;1-10(2,3)9-5-7-11(4)8-6-9;1-9(2,3)11-7-5-10(4)6-8-11/h10H,5-9H2,1-4H3;9H,5-8H2,1-4H3;5-8H2,1-4H3/i;2*4T. The molecule has 0 aromatic carbocycles. The molecule has 0 radical (unpaired) electrons. The predicted octanol–water partition coefficient (Wildman–Crippen LogP) is 6.31. The summed E-state index contributed by atoms with van der Waals surface area (Å²) in [5.74, 6) is 1.86. The Morgan fingerprint density at radius 3 is 1.35 bits per heavy atom. The van der Waals surface area contributed by atoms with Gasteiger partial charge in [-0.05, 0) is 125 Å². The highest BCUT2D eigenvalue weighted by Crippen LogP contribution is 2.33. The number of likely N-dealkylation sites (N-methyl/N-ethyl adjacent to an activating group) is 1. The summed E-state index contributed by atoms with van der Waals surface area (Å²) < 4.78 is 14.5. The average Bonchev–Trinajstić information content (AvgIpc) is 2.83. The molecular weight excluding hydrogens is 416 g/mol. The summed E-state index contributed by atoms with van der Waals surface area (Å²) in [6, 6.07) is 0. The van der Waals surface area contributed by atoms with E-state index in [1.165, 1.54) is 45.2 Å². The molecule has 0 saturated carbocycles. The van der Waals surface area contributed by atoms with E-state index >= 15 is 0 Å². The maximum absolute atomic E-state index is 7.24. The number of piperazine rings is 1. The molecule has 4 nitrogen and oxygen atoms in total. The molecule has 3 aliphatic rings. The van der Waals surface area contributed by atoms with Crippen LogP contribution in [0.25, 0.3) is 0 Å². The van der Waals surface area contributed by atoms with Crippen LogP contribution in [-0.4, -0.2) is 97.1 Å². The molecule has 3 aliphatic heterocycles. The van der Waals surface area contributed by atoms with Crippen LogP contribution in [0.1, 0.15) is 104 Å². The lowest BCUT2D eigenvalue weighted by molar-refractivity contribution is 0.0735. The molecule has 4 heteroatoms. The lowest BCUT2D eigenvalue weighted by Crippen LogP contribution is -2.52. The quantitative estimate of drug-likeness (QED) is 0.432. The van der Waals surface area contributed by atoms with Gasteiger partial charge in [-0.25, -0.2) is 0 Å². The Kier molecular flexibility index (Phi) is 11.7. The van der Waals surface area contributed by atoms with Crippen molar-refractivity contribution in [1.29, 1.82) is 0 Å². The van der Waals surface area contributed by atoms with Crippen molar-refractivity contribution in [2.75, 3.05) is 66.4 Å². The first-order chi connectivity index (χ1) is 16.6. The number of piperidine rings is 2. The zero-order valence-corrected chi connectivity index (χ0v) is 25.1. The minimum atomic E-state index is 0.300. The molecule has 204 valence electrons. The normalized spacial score (nSPS) is 24.4. The largest absolute Gasteiger partial charge is 0.306 e. The summed E-state index contributed by atoms with van der Waals surface area (Å²) in [5, 5.41) is 0. The third-order valence-corrected chi connectivity index (χ3v) is 8.27. The van der Waals surface area contributed by atoms with Gasteiger partial charge in [0.2, 0.25) is 0 Å². The molecule has 3 saturated heterocycles. The van der Waals surface area contributed by atoms with E-state index in [9.17, 15) is 0 Å². The van der Waals surface area contributed by atoms with E-state index in [0.29, 0.717) is 30.5 Å². The van der Waals surface area contributed by atoms with Crippen LogP contribution in [0.2, 0.25) is 0 Å². The summed E-state index contributed by atoms with van der Waals surface area (Å²) in [6.07, 6.45) is 6.75. The number of hydrogen-bond donors (Lipinski definition) is 0. The van der Waals surface area contributed by atoms with Crippen LogP contribution in [0.4, 0.5) is 0 Å². The van der Waals surface area contributed by atoms with Crippen molar-refractivity contribution in [2.24, 2.45) is 17.3 Å². The smallest absolute Gasteiger partial charge is 0.0394 e. The van der Waals surface area contributed by atoms with Crippen LogP contribution >= 0.6 is 0 Å². The van der Waals surface area contributed by atoms with E-state index in [-0.39, 0.29) is 0 Å². The number of nitrogens with zero attached hydrogens (tertiary/aromatic N) is 4. The fraction of sp³-hybridized carbons (Fsp3) is 1.00. The third-order valence-electron chi connectivity index (χ3n) is 8.27. The molecule has 0 aromatic heterocycles. The summed E-state index contributed by atoms with van der Waals surface area (Å²) in [6.45, 7) is 32.2. The van der Waals surface area contributed by atoms with Crippen LogP contribution in [0.5, 0.6) is 0 Å². The summed E-state index contributed by atoms with van der Waals surface area (Å²) in [4.78, 5) is 9.50. The van der Waals surface area contributed by atoms with Gasteiger partial charge in [0.05, 0.1) is 0 Å². The van der Waals surface area contributed by atoms with Gasteiger partial charge in [0, 0.05) is 40.0 Å². The Bertz CT molecular complexity index is 474. The Labute approximate surface area is 218 Å². The minimum absolute atomic E-state index is 0.300. The predicted molar refractivity (Wildman–Crippen MR) is 153 cm³/mol. The van der Waals surface area contributed by atoms with Crippen LogP contribution in [-0.2, 0) is 0 Å². The molecule has 0 aliphatic carbocycles. The van der Waals surface area contributed by atoms with Crippen LogP contribution in [0.3, 0.4) is 0 Å². The van der Waals surface area contributed by atoms with Crippen molar-refractivity contribution in [1.82, 2.24) is 19.6 Å². The first-order valence-electron chi connectivity index (χ1n) is 15.6. The highest BCUT2D eigenvalue weighted by atomic mass is 15.3. The molecule has 0 bridgehead atoms. The third kappa shape index (κ3) is 12.2. The van der Waals surface area contributed by atoms with Crippen LogP contribution in [0.15, 0.2) is 0 Å². The van der Waals surface area contributed by atoms with Gasteiger partial charge < -0.3 is 9.80 Å². The number of likely N-dealkylation sites (tertiary alicyclic amines) is 2. The van der Waals surface area contributed by atoms with E-state index in [2.05, 4.69) is 88.8 Å². The highest BCUT2D eigenvalue weighted by molar-refractivity contribution is 4.82. The molecule has 3 rings (SSSR count). The fourth-order valence-electron chi connectivity index (χ4n) is 5.23. The minimum Gasteiger partial charge on any atom is -0.306 e. The molecule has 0 amide bonds. The van der Waals surface area contributed by atoms with Crippen molar-refractivity contribution >= 4 is 0 Å². The summed E-state index contributed by atoms with van der Waals surface area (Å²) in [5.41, 5.74) is 1.15. The fourth-order valence-corrected chi connectivity index (χ4v) is 5.23. The van der Waals surface area contributed by atoms with Crippen LogP contribution < -0.4 is 0 Å². The number of hydrogen-bond acceptors (Lipinski definition) is 4. The van der Waals surface area contributed by atoms with Crippen LogP contribution in [0, 0.1) is 17.3 Å². The topological polar surface area (TPSA) is 13.0 Å². The van der Waals surface area contributed by atoms with Crippen molar-refractivity contribution in [3.05, 3.63) is 0 Å². The molecule has 3 heterocycles. The number of rotatable bonds is 1. The second kappa shape index (κ2) is 14.0. The van der Waals surface area contributed by atoms with Gasteiger partial charge in [0.15, 0.2) is 0 Å².